The van der Waals surface area contributed by atoms with Crippen molar-refractivity contribution in [3.8, 4) is 0 Å². The maximum atomic E-state index is 12.3. The van der Waals surface area contributed by atoms with Crippen molar-refractivity contribution in [2.45, 2.75) is 155 Å². The minimum atomic E-state index is -1.03. The number of unbranched alkanes of at least 4 members (excludes halogenated alkanes) is 10. The summed E-state index contributed by atoms with van der Waals surface area (Å²) in [6.07, 6.45) is 38.7. The van der Waals surface area contributed by atoms with Crippen molar-refractivity contribution in [1.82, 2.24) is 5.32 Å². The molecule has 0 spiro atoms. The van der Waals surface area contributed by atoms with Crippen molar-refractivity contribution in [2.24, 2.45) is 0 Å². The lowest BCUT2D eigenvalue weighted by Crippen LogP contribution is -2.28. The number of esters is 1. The first-order valence-electron chi connectivity index (χ1n) is 16.8. The number of ether oxygens (including phenoxy) is 1. The van der Waals surface area contributed by atoms with Crippen LogP contribution in [0, 0.1) is 0 Å². The summed E-state index contributed by atoms with van der Waals surface area (Å²) in [5.74, 6) is -1.35. The molecule has 0 aliphatic rings. The summed E-state index contributed by atoms with van der Waals surface area (Å²) in [5.41, 5.74) is 0. The largest absolute Gasteiger partial charge is 0.480 e. The Bertz CT molecular complexity index is 784. The highest BCUT2D eigenvalue weighted by Gasteiger charge is 2.13. The zero-order valence-corrected chi connectivity index (χ0v) is 26.8. The first-order valence-corrected chi connectivity index (χ1v) is 16.8. The van der Waals surface area contributed by atoms with E-state index in [1.165, 1.54) is 44.9 Å². The van der Waals surface area contributed by atoms with Gasteiger partial charge in [-0.05, 0) is 70.6 Å². The van der Waals surface area contributed by atoms with Gasteiger partial charge in [-0.25, -0.2) is 0 Å². The van der Waals surface area contributed by atoms with Gasteiger partial charge in [-0.15, -0.1) is 0 Å². The molecule has 0 aromatic rings. The van der Waals surface area contributed by atoms with Crippen LogP contribution in [0.15, 0.2) is 48.6 Å². The average molecular weight is 588 g/mol. The fourth-order valence-corrected chi connectivity index (χ4v) is 4.62. The summed E-state index contributed by atoms with van der Waals surface area (Å²) in [7, 11) is 0. The Kier molecular flexibility index (Phi) is 29.3. The van der Waals surface area contributed by atoms with Gasteiger partial charge in [-0.1, -0.05) is 114 Å². The number of hydrogen-bond acceptors (Lipinski definition) is 4. The van der Waals surface area contributed by atoms with Crippen LogP contribution in [0.2, 0.25) is 0 Å². The second kappa shape index (κ2) is 31.3. The zero-order valence-electron chi connectivity index (χ0n) is 26.8. The van der Waals surface area contributed by atoms with Gasteiger partial charge in [0.15, 0.2) is 0 Å². The van der Waals surface area contributed by atoms with E-state index in [1.807, 2.05) is 0 Å². The van der Waals surface area contributed by atoms with E-state index >= 15 is 0 Å². The molecule has 6 nitrogen and oxygen atoms in total. The topological polar surface area (TPSA) is 92.7 Å². The van der Waals surface area contributed by atoms with Gasteiger partial charge in [0, 0.05) is 12.8 Å². The van der Waals surface area contributed by atoms with E-state index in [1.54, 1.807) is 0 Å². The highest BCUT2D eigenvalue weighted by Crippen LogP contribution is 2.16. The number of nitrogens with one attached hydrogen (secondary N) is 1. The molecule has 6 heteroatoms. The van der Waals surface area contributed by atoms with Crippen LogP contribution in [0.3, 0.4) is 0 Å². The number of rotatable bonds is 29. The Labute approximate surface area is 257 Å². The lowest BCUT2D eigenvalue weighted by atomic mass is 10.0. The second-order valence-electron chi connectivity index (χ2n) is 11.0. The van der Waals surface area contributed by atoms with Crippen molar-refractivity contribution >= 4 is 17.8 Å². The molecule has 1 unspecified atom stereocenters. The Hall–Kier alpha value is -2.63. The molecule has 0 saturated carbocycles. The molecule has 240 valence electrons. The van der Waals surface area contributed by atoms with Crippen molar-refractivity contribution < 1.29 is 24.2 Å². The van der Waals surface area contributed by atoms with Gasteiger partial charge in [0.1, 0.15) is 12.6 Å². The first kappa shape index (κ1) is 39.4. The predicted octanol–water partition coefficient (Wildman–Crippen LogP) is 9.56. The average Bonchev–Trinajstić information content (AvgIpc) is 2.96. The minimum Gasteiger partial charge on any atom is -0.480 e. The molecule has 0 heterocycles. The molecule has 0 aliphatic heterocycles. The van der Waals surface area contributed by atoms with Crippen LogP contribution in [0.4, 0.5) is 0 Å². The Morgan fingerprint density at radius 2 is 1.17 bits per heavy atom. The normalized spacial score (nSPS) is 12.6. The molecule has 0 aromatic carbocycles. The fourth-order valence-electron chi connectivity index (χ4n) is 4.62. The molecule has 0 radical (unpaired) electrons. The van der Waals surface area contributed by atoms with E-state index in [0.29, 0.717) is 19.3 Å². The fraction of sp³-hybridized carbons (Fsp3) is 0.694. The van der Waals surface area contributed by atoms with Gasteiger partial charge in [0.25, 0.3) is 0 Å². The van der Waals surface area contributed by atoms with E-state index in [-0.39, 0.29) is 24.5 Å². The first-order chi connectivity index (χ1) is 20.5. The molecule has 2 N–H and O–H groups in total. The highest BCUT2D eigenvalue weighted by molar-refractivity contribution is 5.80. The lowest BCUT2D eigenvalue weighted by Gasteiger charge is -2.17. The number of carboxylic acids is 1. The van der Waals surface area contributed by atoms with Gasteiger partial charge < -0.3 is 15.2 Å². The molecule has 0 aromatic heterocycles. The lowest BCUT2D eigenvalue weighted by molar-refractivity contribution is -0.150. The molecule has 0 fully saturated rings. The zero-order chi connectivity index (χ0) is 30.9. The van der Waals surface area contributed by atoms with Crippen molar-refractivity contribution in [3.05, 3.63) is 48.6 Å². The van der Waals surface area contributed by atoms with Crippen LogP contribution in [-0.2, 0) is 19.1 Å². The van der Waals surface area contributed by atoms with Crippen molar-refractivity contribution in [1.29, 1.82) is 0 Å². The number of carbonyl (C=O) groups is 3. The quantitative estimate of drug-likeness (QED) is 0.0516. The van der Waals surface area contributed by atoms with Gasteiger partial charge in [-0.3, -0.25) is 14.4 Å². The number of allylic oxidation sites excluding steroid dienone is 8. The number of carboxylic acid groups (broad SMARTS) is 1. The van der Waals surface area contributed by atoms with Crippen LogP contribution in [-0.4, -0.2) is 35.6 Å². The van der Waals surface area contributed by atoms with Crippen molar-refractivity contribution in [2.75, 3.05) is 6.54 Å². The molecule has 0 bridgehead atoms. The number of hydrogen-bond donors (Lipinski definition) is 2. The summed E-state index contributed by atoms with van der Waals surface area (Å²) in [5, 5.41) is 11.0. The minimum absolute atomic E-state index is 0.0416. The summed E-state index contributed by atoms with van der Waals surface area (Å²) in [6, 6.07) is 0. The monoisotopic (exact) mass is 587 g/mol. The van der Waals surface area contributed by atoms with Gasteiger partial charge in [-0.2, -0.15) is 0 Å². The second-order valence-corrected chi connectivity index (χ2v) is 11.0. The Balaban J connectivity index is 3.64. The summed E-state index contributed by atoms with van der Waals surface area (Å²) in [6.45, 7) is 3.92. The molecule has 1 amide bonds. The number of aliphatic carboxylic acids is 1. The van der Waals surface area contributed by atoms with Gasteiger partial charge in [0.05, 0.1) is 0 Å². The predicted molar refractivity (Wildman–Crippen MR) is 175 cm³/mol. The SMILES string of the molecule is CC/C=C\C/C=C\C/C=C\C/C=C\CCCCCCCCCCC(=O)OC(CCC)CCCCCC(=O)NCC(=O)O. The van der Waals surface area contributed by atoms with Gasteiger partial charge >= 0.3 is 11.9 Å². The molecule has 0 rings (SSSR count). The number of amides is 1. The Morgan fingerprint density at radius 3 is 1.76 bits per heavy atom. The Morgan fingerprint density at radius 1 is 0.643 bits per heavy atom. The maximum Gasteiger partial charge on any atom is 0.322 e. The molecule has 0 aliphatic carbocycles. The highest BCUT2D eigenvalue weighted by atomic mass is 16.5. The van der Waals surface area contributed by atoms with Gasteiger partial charge in [0.2, 0.25) is 5.91 Å². The maximum absolute atomic E-state index is 12.3. The molecular weight excluding hydrogens is 526 g/mol. The third kappa shape index (κ3) is 30.3. The summed E-state index contributed by atoms with van der Waals surface area (Å²) < 4.78 is 5.73. The third-order valence-electron chi connectivity index (χ3n) is 7.00. The molecule has 42 heavy (non-hydrogen) atoms. The van der Waals surface area contributed by atoms with Crippen LogP contribution in [0.5, 0.6) is 0 Å². The standard InChI is InChI=1S/C36H61NO5/c1-3-5-6-7-8-9-10-11-12-13-14-15-16-17-18-19-20-21-22-23-27-31-36(41)42-33(28-4-2)29-25-24-26-30-34(38)37-32-35(39)40/h5-6,8-9,11-12,14-15,33H,3-4,7,10,13,16-32H2,1-2H3,(H,37,38)(H,39,40)/b6-5-,9-8-,12-11-,15-14-. The number of carbonyl (C=O) groups excluding carboxylic acids is 2. The van der Waals surface area contributed by atoms with Crippen LogP contribution in [0.1, 0.15) is 149 Å². The summed E-state index contributed by atoms with van der Waals surface area (Å²) in [4.78, 5) is 34.3. The molecule has 1 atom stereocenters. The van der Waals surface area contributed by atoms with E-state index < -0.39 is 5.97 Å². The third-order valence-corrected chi connectivity index (χ3v) is 7.00. The molecular formula is C36H61NO5. The molecule has 0 saturated heterocycles. The van der Waals surface area contributed by atoms with E-state index in [0.717, 1.165) is 70.6 Å². The van der Waals surface area contributed by atoms with Crippen LogP contribution >= 0.6 is 0 Å². The van der Waals surface area contributed by atoms with Crippen LogP contribution < -0.4 is 5.32 Å². The summed E-state index contributed by atoms with van der Waals surface area (Å²) >= 11 is 0. The van der Waals surface area contributed by atoms with Crippen molar-refractivity contribution in [3.63, 3.8) is 0 Å². The smallest absolute Gasteiger partial charge is 0.322 e. The van der Waals surface area contributed by atoms with Crippen LogP contribution in [0.25, 0.3) is 0 Å². The van der Waals surface area contributed by atoms with E-state index in [9.17, 15) is 14.4 Å². The van der Waals surface area contributed by atoms with E-state index in [2.05, 4.69) is 67.8 Å². The van der Waals surface area contributed by atoms with E-state index in [4.69, 9.17) is 9.84 Å².